The van der Waals surface area contributed by atoms with Crippen LogP contribution in [0.5, 0.6) is 5.75 Å². The zero-order valence-electron chi connectivity index (χ0n) is 12.8. The molecule has 1 aromatic carbocycles. The van der Waals surface area contributed by atoms with Crippen LogP contribution in [0.2, 0.25) is 0 Å². The van der Waals surface area contributed by atoms with Gasteiger partial charge in [0.15, 0.2) is 0 Å². The summed E-state index contributed by atoms with van der Waals surface area (Å²) in [6.07, 6.45) is 0.793. The minimum absolute atomic E-state index is 0.0855. The Morgan fingerprint density at radius 1 is 1.32 bits per heavy atom. The molecule has 1 aliphatic rings. The first-order valence-corrected chi connectivity index (χ1v) is 7.23. The molecule has 120 valence electrons. The zero-order chi connectivity index (χ0) is 15.9. The Hall–Kier alpha value is -2.08. The van der Waals surface area contributed by atoms with Crippen LogP contribution in [0, 0.1) is 5.92 Å². The van der Waals surface area contributed by atoms with Crippen molar-refractivity contribution in [1.29, 1.82) is 0 Å². The molecule has 0 aliphatic carbocycles. The third-order valence-electron chi connectivity index (χ3n) is 3.73. The van der Waals surface area contributed by atoms with Gasteiger partial charge in [-0.3, -0.25) is 9.59 Å². The summed E-state index contributed by atoms with van der Waals surface area (Å²) in [5, 5.41) is 2.92. The Morgan fingerprint density at radius 3 is 2.59 bits per heavy atom. The zero-order valence-corrected chi connectivity index (χ0v) is 12.8. The van der Waals surface area contributed by atoms with Crippen molar-refractivity contribution in [2.45, 2.75) is 18.9 Å². The van der Waals surface area contributed by atoms with Crippen LogP contribution >= 0.6 is 0 Å². The highest BCUT2D eigenvalue weighted by Gasteiger charge is 2.27. The summed E-state index contributed by atoms with van der Waals surface area (Å²) in [6.45, 7) is 1.03. The fourth-order valence-corrected chi connectivity index (χ4v) is 2.37. The van der Waals surface area contributed by atoms with Crippen LogP contribution in [0.25, 0.3) is 0 Å². The van der Waals surface area contributed by atoms with Gasteiger partial charge in [-0.05, 0) is 24.1 Å². The van der Waals surface area contributed by atoms with Crippen molar-refractivity contribution in [3.63, 3.8) is 0 Å². The molecule has 1 saturated heterocycles. The predicted molar refractivity (Wildman–Crippen MR) is 79.4 cm³/mol. The van der Waals surface area contributed by atoms with Gasteiger partial charge >= 0.3 is 5.97 Å². The van der Waals surface area contributed by atoms with Crippen LogP contribution in [0.1, 0.15) is 24.4 Å². The van der Waals surface area contributed by atoms with E-state index in [0.29, 0.717) is 19.6 Å². The largest absolute Gasteiger partial charge is 0.497 e. The lowest BCUT2D eigenvalue weighted by Crippen LogP contribution is -2.35. The molecule has 1 amide bonds. The number of benzene rings is 1. The van der Waals surface area contributed by atoms with E-state index in [9.17, 15) is 9.59 Å². The highest BCUT2D eigenvalue weighted by molar-refractivity contribution is 5.80. The van der Waals surface area contributed by atoms with E-state index in [1.54, 1.807) is 19.2 Å². The SMILES string of the molecule is COC(=O)CC(NC(=O)C1CCOC1)c1ccc(OC)cc1. The molecule has 0 radical (unpaired) electrons. The Morgan fingerprint density at radius 2 is 2.05 bits per heavy atom. The van der Waals surface area contributed by atoms with Gasteiger partial charge in [-0.2, -0.15) is 0 Å². The van der Waals surface area contributed by atoms with Crippen LogP contribution < -0.4 is 10.1 Å². The van der Waals surface area contributed by atoms with Gasteiger partial charge in [0.05, 0.1) is 39.2 Å². The van der Waals surface area contributed by atoms with Crippen LogP contribution in [0.4, 0.5) is 0 Å². The molecule has 6 nitrogen and oxygen atoms in total. The lowest BCUT2D eigenvalue weighted by molar-refractivity contribution is -0.141. The number of carbonyl (C=O) groups is 2. The molecule has 2 rings (SSSR count). The summed E-state index contributed by atoms with van der Waals surface area (Å²) in [6, 6.07) is 6.83. The maximum absolute atomic E-state index is 12.3. The van der Waals surface area contributed by atoms with Crippen molar-refractivity contribution in [3.05, 3.63) is 29.8 Å². The Bertz CT molecular complexity index is 508. The Labute approximate surface area is 129 Å². The molecule has 22 heavy (non-hydrogen) atoms. The van der Waals surface area contributed by atoms with E-state index in [-0.39, 0.29) is 24.2 Å². The number of nitrogens with one attached hydrogen (secondary N) is 1. The molecule has 1 aromatic rings. The summed E-state index contributed by atoms with van der Waals surface area (Å²) in [5.41, 5.74) is 0.832. The molecular weight excluding hydrogens is 286 g/mol. The second kappa shape index (κ2) is 7.79. The number of ether oxygens (including phenoxy) is 3. The minimum Gasteiger partial charge on any atom is -0.497 e. The van der Waals surface area contributed by atoms with Gasteiger partial charge in [-0.25, -0.2) is 0 Å². The van der Waals surface area contributed by atoms with Gasteiger partial charge in [0.1, 0.15) is 5.75 Å². The molecule has 1 N–H and O–H groups in total. The highest BCUT2D eigenvalue weighted by Crippen LogP contribution is 2.22. The second-order valence-electron chi connectivity index (χ2n) is 5.18. The Balaban J connectivity index is 2.10. The summed E-state index contributed by atoms with van der Waals surface area (Å²) in [5.74, 6) is 0.0977. The van der Waals surface area contributed by atoms with Crippen molar-refractivity contribution < 1.29 is 23.8 Å². The fraction of sp³-hybridized carbons (Fsp3) is 0.500. The smallest absolute Gasteiger partial charge is 0.307 e. The van der Waals surface area contributed by atoms with Crippen molar-refractivity contribution in [3.8, 4) is 5.75 Å². The van der Waals surface area contributed by atoms with Crippen LogP contribution in [0.15, 0.2) is 24.3 Å². The molecule has 0 bridgehead atoms. The molecular formula is C16H21NO5. The summed E-state index contributed by atoms with van der Waals surface area (Å²) in [7, 11) is 2.92. The average Bonchev–Trinajstić information content (AvgIpc) is 3.08. The van der Waals surface area contributed by atoms with E-state index in [2.05, 4.69) is 5.32 Å². The van der Waals surface area contributed by atoms with Gasteiger partial charge < -0.3 is 19.5 Å². The molecule has 0 spiro atoms. The number of amides is 1. The van der Waals surface area contributed by atoms with Crippen LogP contribution in [-0.4, -0.2) is 39.3 Å². The molecule has 1 fully saturated rings. The quantitative estimate of drug-likeness (QED) is 0.805. The van der Waals surface area contributed by atoms with Crippen molar-refractivity contribution in [2.75, 3.05) is 27.4 Å². The third-order valence-corrected chi connectivity index (χ3v) is 3.73. The first kappa shape index (κ1) is 16.3. The molecule has 0 saturated carbocycles. The second-order valence-corrected chi connectivity index (χ2v) is 5.18. The van der Waals surface area contributed by atoms with E-state index in [4.69, 9.17) is 14.2 Å². The van der Waals surface area contributed by atoms with Gasteiger partial charge in [0.25, 0.3) is 0 Å². The first-order valence-electron chi connectivity index (χ1n) is 7.23. The highest BCUT2D eigenvalue weighted by atomic mass is 16.5. The van der Waals surface area contributed by atoms with E-state index in [0.717, 1.165) is 11.3 Å². The van der Waals surface area contributed by atoms with Crippen molar-refractivity contribution in [2.24, 2.45) is 5.92 Å². The van der Waals surface area contributed by atoms with Gasteiger partial charge in [0, 0.05) is 6.61 Å². The molecule has 2 unspecified atom stereocenters. The first-order chi connectivity index (χ1) is 10.6. The number of methoxy groups -OCH3 is 2. The topological polar surface area (TPSA) is 73.9 Å². The van der Waals surface area contributed by atoms with Gasteiger partial charge in [0.2, 0.25) is 5.91 Å². The number of rotatable bonds is 6. The van der Waals surface area contributed by atoms with E-state index < -0.39 is 6.04 Å². The number of esters is 1. The normalized spacial score (nSPS) is 18.5. The van der Waals surface area contributed by atoms with Crippen LogP contribution in [-0.2, 0) is 19.1 Å². The van der Waals surface area contributed by atoms with E-state index >= 15 is 0 Å². The molecule has 0 aromatic heterocycles. The summed E-state index contributed by atoms with van der Waals surface area (Å²) < 4.78 is 15.1. The Kier molecular flexibility index (Phi) is 5.77. The summed E-state index contributed by atoms with van der Waals surface area (Å²) >= 11 is 0. The van der Waals surface area contributed by atoms with Gasteiger partial charge in [-0.15, -0.1) is 0 Å². The minimum atomic E-state index is -0.425. The third kappa shape index (κ3) is 4.21. The van der Waals surface area contributed by atoms with Crippen LogP contribution in [0.3, 0.4) is 0 Å². The lowest BCUT2D eigenvalue weighted by Gasteiger charge is -2.20. The lowest BCUT2D eigenvalue weighted by atomic mass is 10.0. The maximum Gasteiger partial charge on any atom is 0.307 e. The fourth-order valence-electron chi connectivity index (χ4n) is 2.37. The van der Waals surface area contributed by atoms with E-state index in [1.807, 2.05) is 12.1 Å². The molecule has 6 heteroatoms. The number of carbonyl (C=O) groups excluding carboxylic acids is 2. The summed E-state index contributed by atoms with van der Waals surface area (Å²) in [4.78, 5) is 23.9. The molecule has 2 atom stereocenters. The predicted octanol–water partition coefficient (Wildman–Crippen LogP) is 1.45. The van der Waals surface area contributed by atoms with Gasteiger partial charge in [-0.1, -0.05) is 12.1 Å². The van der Waals surface area contributed by atoms with Crippen molar-refractivity contribution >= 4 is 11.9 Å². The van der Waals surface area contributed by atoms with E-state index in [1.165, 1.54) is 7.11 Å². The average molecular weight is 307 g/mol. The number of hydrogen-bond donors (Lipinski definition) is 1. The number of hydrogen-bond acceptors (Lipinski definition) is 5. The monoisotopic (exact) mass is 307 g/mol. The molecule has 1 heterocycles. The van der Waals surface area contributed by atoms with Crippen molar-refractivity contribution in [1.82, 2.24) is 5.32 Å². The standard InChI is InChI=1S/C16H21NO5/c1-20-13-5-3-11(4-6-13)14(9-15(18)21-2)17-16(19)12-7-8-22-10-12/h3-6,12,14H,7-10H2,1-2H3,(H,17,19). The maximum atomic E-state index is 12.3. The molecule has 1 aliphatic heterocycles.